The second-order valence-electron chi connectivity index (χ2n) is 4.53. The third kappa shape index (κ3) is 2.88. The molecule has 0 saturated heterocycles. The van der Waals surface area contributed by atoms with Crippen molar-refractivity contribution < 1.29 is 4.74 Å². The summed E-state index contributed by atoms with van der Waals surface area (Å²) in [7, 11) is 1.67. The number of aromatic nitrogens is 3. The number of pyridine rings is 1. The summed E-state index contributed by atoms with van der Waals surface area (Å²) < 4.78 is 5.40. The highest BCUT2D eigenvalue weighted by Crippen LogP contribution is 2.26. The van der Waals surface area contributed by atoms with E-state index in [-0.39, 0.29) is 6.04 Å². The third-order valence-corrected chi connectivity index (χ3v) is 3.20. The molecule has 2 N–H and O–H groups in total. The van der Waals surface area contributed by atoms with Crippen LogP contribution in [-0.4, -0.2) is 22.3 Å². The monoisotopic (exact) mass is 258 g/mol. The van der Waals surface area contributed by atoms with E-state index in [0.29, 0.717) is 6.42 Å². The molecule has 2 aromatic heterocycles. The van der Waals surface area contributed by atoms with E-state index in [1.54, 1.807) is 19.5 Å². The Morgan fingerprint density at radius 3 is 2.68 bits per heavy atom. The van der Waals surface area contributed by atoms with Gasteiger partial charge in [0.15, 0.2) is 0 Å². The number of nitrogens with zero attached hydrogens (tertiary/aromatic N) is 3. The maximum absolute atomic E-state index is 6.18. The maximum Gasteiger partial charge on any atom is 0.128 e. The molecule has 1 unspecified atom stereocenters. The van der Waals surface area contributed by atoms with Gasteiger partial charge in [-0.05, 0) is 25.5 Å². The fraction of sp³-hybridized carbons (Fsp3) is 0.357. The Labute approximate surface area is 112 Å². The predicted molar refractivity (Wildman–Crippen MR) is 72.9 cm³/mol. The molecule has 19 heavy (non-hydrogen) atoms. The van der Waals surface area contributed by atoms with Crippen LogP contribution in [0.25, 0.3) is 0 Å². The minimum Gasteiger partial charge on any atom is -0.496 e. The zero-order valence-corrected chi connectivity index (χ0v) is 11.4. The van der Waals surface area contributed by atoms with Crippen LogP contribution in [0, 0.1) is 13.8 Å². The van der Waals surface area contributed by atoms with Gasteiger partial charge in [-0.2, -0.15) is 10.2 Å². The average Bonchev–Trinajstić information content (AvgIpc) is 2.43. The van der Waals surface area contributed by atoms with Gasteiger partial charge in [0.1, 0.15) is 5.75 Å². The van der Waals surface area contributed by atoms with Gasteiger partial charge < -0.3 is 10.5 Å². The smallest absolute Gasteiger partial charge is 0.128 e. The SMILES string of the molecule is COc1c(C)cnc(CC(N)c2ccnnc2)c1C. The van der Waals surface area contributed by atoms with Gasteiger partial charge in [0.05, 0.1) is 13.3 Å². The fourth-order valence-electron chi connectivity index (χ4n) is 2.12. The number of aryl methyl sites for hydroxylation is 1. The van der Waals surface area contributed by atoms with Crippen LogP contribution in [0.3, 0.4) is 0 Å². The molecule has 5 heteroatoms. The van der Waals surface area contributed by atoms with Crippen LogP contribution < -0.4 is 10.5 Å². The lowest BCUT2D eigenvalue weighted by Gasteiger charge is -2.15. The zero-order chi connectivity index (χ0) is 13.8. The molecule has 0 amide bonds. The Balaban J connectivity index is 2.25. The highest BCUT2D eigenvalue weighted by Gasteiger charge is 2.14. The molecule has 0 radical (unpaired) electrons. The molecular weight excluding hydrogens is 240 g/mol. The van der Waals surface area contributed by atoms with Gasteiger partial charge >= 0.3 is 0 Å². The molecule has 0 aliphatic heterocycles. The largest absolute Gasteiger partial charge is 0.496 e. The number of hydrogen-bond donors (Lipinski definition) is 1. The van der Waals surface area contributed by atoms with Crippen LogP contribution in [-0.2, 0) is 6.42 Å². The van der Waals surface area contributed by atoms with Crippen LogP contribution >= 0.6 is 0 Å². The molecule has 1 atom stereocenters. The molecule has 0 aliphatic carbocycles. The van der Waals surface area contributed by atoms with E-state index >= 15 is 0 Å². The Morgan fingerprint density at radius 1 is 1.26 bits per heavy atom. The summed E-state index contributed by atoms with van der Waals surface area (Å²) >= 11 is 0. The number of ether oxygens (including phenoxy) is 1. The quantitative estimate of drug-likeness (QED) is 0.904. The topological polar surface area (TPSA) is 73.9 Å². The molecule has 0 fully saturated rings. The lowest BCUT2D eigenvalue weighted by atomic mass is 10.0. The van der Waals surface area contributed by atoms with Crippen molar-refractivity contribution >= 4 is 0 Å². The van der Waals surface area contributed by atoms with E-state index in [9.17, 15) is 0 Å². The summed E-state index contributed by atoms with van der Waals surface area (Å²) in [5.41, 5.74) is 10.2. The molecule has 0 spiro atoms. The Kier molecular flexibility index (Phi) is 4.06. The molecular formula is C14H18N4O. The standard InChI is InChI=1S/C14H18N4O/c1-9-7-16-13(10(2)14(9)19-3)6-12(15)11-4-5-17-18-8-11/h4-5,7-8,12H,6,15H2,1-3H3. The lowest BCUT2D eigenvalue weighted by molar-refractivity contribution is 0.406. The first-order chi connectivity index (χ1) is 9.13. The first-order valence-electron chi connectivity index (χ1n) is 6.14. The second kappa shape index (κ2) is 5.75. The van der Waals surface area contributed by atoms with E-state index in [1.807, 2.05) is 26.1 Å². The van der Waals surface area contributed by atoms with E-state index < -0.39 is 0 Å². The van der Waals surface area contributed by atoms with Crippen LogP contribution in [0.5, 0.6) is 5.75 Å². The molecule has 2 heterocycles. The normalized spacial score (nSPS) is 12.2. The molecule has 2 aromatic rings. The van der Waals surface area contributed by atoms with Gasteiger partial charge in [-0.1, -0.05) is 0 Å². The van der Waals surface area contributed by atoms with Crippen molar-refractivity contribution in [1.29, 1.82) is 0 Å². The number of nitrogens with two attached hydrogens (primary N) is 1. The fourth-order valence-corrected chi connectivity index (χ4v) is 2.12. The van der Waals surface area contributed by atoms with Crippen molar-refractivity contribution in [3.05, 3.63) is 47.0 Å². The van der Waals surface area contributed by atoms with Gasteiger partial charge in [0.25, 0.3) is 0 Å². The second-order valence-corrected chi connectivity index (χ2v) is 4.53. The van der Waals surface area contributed by atoms with Crippen molar-refractivity contribution in [3.8, 4) is 5.75 Å². The van der Waals surface area contributed by atoms with Crippen LogP contribution in [0.2, 0.25) is 0 Å². The first-order valence-corrected chi connectivity index (χ1v) is 6.14. The van der Waals surface area contributed by atoms with Crippen molar-refractivity contribution in [1.82, 2.24) is 15.2 Å². The number of hydrogen-bond acceptors (Lipinski definition) is 5. The number of rotatable bonds is 4. The van der Waals surface area contributed by atoms with Crippen LogP contribution in [0.15, 0.2) is 24.7 Å². The average molecular weight is 258 g/mol. The predicted octanol–water partition coefficient (Wildman–Crippen LogP) is 1.74. The van der Waals surface area contributed by atoms with Gasteiger partial charge in [0.2, 0.25) is 0 Å². The molecule has 5 nitrogen and oxygen atoms in total. The summed E-state index contributed by atoms with van der Waals surface area (Å²) in [4.78, 5) is 4.46. The minimum absolute atomic E-state index is 0.144. The first kappa shape index (κ1) is 13.4. The van der Waals surface area contributed by atoms with E-state index in [2.05, 4.69) is 15.2 Å². The molecule has 0 bridgehead atoms. The van der Waals surface area contributed by atoms with E-state index in [4.69, 9.17) is 10.5 Å². The highest BCUT2D eigenvalue weighted by molar-refractivity contribution is 5.41. The van der Waals surface area contributed by atoms with Crippen molar-refractivity contribution in [2.45, 2.75) is 26.3 Å². The maximum atomic E-state index is 6.18. The highest BCUT2D eigenvalue weighted by atomic mass is 16.5. The molecule has 100 valence electrons. The third-order valence-electron chi connectivity index (χ3n) is 3.20. The van der Waals surface area contributed by atoms with E-state index in [1.165, 1.54) is 0 Å². The Bertz CT molecular complexity index is 557. The van der Waals surface area contributed by atoms with Gasteiger partial charge in [-0.15, -0.1) is 0 Å². The molecule has 0 aromatic carbocycles. The molecule has 2 rings (SSSR count). The minimum atomic E-state index is -0.144. The van der Waals surface area contributed by atoms with Gasteiger partial charge in [0, 0.05) is 41.7 Å². The van der Waals surface area contributed by atoms with Crippen LogP contribution in [0.1, 0.15) is 28.4 Å². The Hall–Kier alpha value is -2.01. The molecule has 0 aliphatic rings. The zero-order valence-electron chi connectivity index (χ0n) is 11.4. The summed E-state index contributed by atoms with van der Waals surface area (Å²) in [6.45, 7) is 3.99. The van der Waals surface area contributed by atoms with Crippen LogP contribution in [0.4, 0.5) is 0 Å². The van der Waals surface area contributed by atoms with Crippen molar-refractivity contribution in [3.63, 3.8) is 0 Å². The van der Waals surface area contributed by atoms with Crippen molar-refractivity contribution in [2.75, 3.05) is 7.11 Å². The summed E-state index contributed by atoms with van der Waals surface area (Å²) in [5.74, 6) is 0.880. The van der Waals surface area contributed by atoms with Gasteiger partial charge in [-0.25, -0.2) is 0 Å². The van der Waals surface area contributed by atoms with Crippen molar-refractivity contribution in [2.24, 2.45) is 5.73 Å². The Morgan fingerprint density at radius 2 is 2.05 bits per heavy atom. The molecule has 0 saturated carbocycles. The lowest BCUT2D eigenvalue weighted by Crippen LogP contribution is -2.15. The summed E-state index contributed by atoms with van der Waals surface area (Å²) in [6, 6.07) is 1.73. The van der Waals surface area contributed by atoms with Gasteiger partial charge in [-0.3, -0.25) is 4.98 Å². The van der Waals surface area contributed by atoms with E-state index in [0.717, 1.165) is 28.1 Å². The summed E-state index contributed by atoms with van der Waals surface area (Å²) in [5, 5.41) is 7.59. The summed E-state index contributed by atoms with van der Waals surface area (Å²) in [6.07, 6.45) is 5.80. The number of methoxy groups -OCH3 is 1.